The molecule has 2 heteroatoms. The molecule has 0 aromatic rings. The van der Waals surface area contributed by atoms with Crippen LogP contribution < -0.4 is 0 Å². The zero-order valence-electron chi connectivity index (χ0n) is 18.1. The number of ether oxygens (including phenoxy) is 1. The van der Waals surface area contributed by atoms with Crippen LogP contribution in [0.3, 0.4) is 0 Å². The van der Waals surface area contributed by atoms with Crippen molar-refractivity contribution in [1.82, 2.24) is 0 Å². The number of fused-ring (bicyclic) bond motifs is 6. The van der Waals surface area contributed by atoms with Gasteiger partial charge >= 0.3 is 0 Å². The van der Waals surface area contributed by atoms with Gasteiger partial charge in [-0.3, -0.25) is 0 Å². The Morgan fingerprint density at radius 1 is 1.04 bits per heavy atom. The average molecular weight is 373 g/mol. The zero-order valence-corrected chi connectivity index (χ0v) is 18.1. The van der Waals surface area contributed by atoms with E-state index in [1.165, 1.54) is 32.1 Å². The molecular formula is C25H40O2. The number of allylic oxidation sites excluding steroid dienone is 2. The van der Waals surface area contributed by atoms with Gasteiger partial charge in [0.05, 0.1) is 5.60 Å². The molecule has 1 saturated heterocycles. The number of aliphatic hydroxyl groups is 1. The molecule has 4 fully saturated rings. The standard InChI is InChI=1S/C25H40O2/c1-15-6-9-23(4)18(12-15)13-16(2)21-19-7-10-25(11-8-20(26)27-25)24(19,5)14-17(3)22(21)23/h13,15-17,19-22,26H,6-12,14H2,1-5H3/t15-,16-,17+,19?,20?,21-,22-,23-,24-,25?/m0/s1. The van der Waals surface area contributed by atoms with Gasteiger partial charge < -0.3 is 9.84 Å². The van der Waals surface area contributed by atoms with Crippen LogP contribution in [0.4, 0.5) is 0 Å². The first kappa shape index (κ1) is 18.7. The Kier molecular flexibility index (Phi) is 4.04. The molecule has 27 heavy (non-hydrogen) atoms. The maximum atomic E-state index is 10.2. The highest BCUT2D eigenvalue weighted by molar-refractivity contribution is 5.28. The van der Waals surface area contributed by atoms with Crippen LogP contribution in [0.1, 0.15) is 86.0 Å². The molecule has 0 amide bonds. The predicted molar refractivity (Wildman–Crippen MR) is 109 cm³/mol. The topological polar surface area (TPSA) is 29.5 Å². The number of aliphatic hydroxyl groups excluding tert-OH is 1. The molecule has 1 N–H and O–H groups in total. The second-order valence-electron chi connectivity index (χ2n) is 11.8. The van der Waals surface area contributed by atoms with E-state index in [0.29, 0.717) is 11.3 Å². The van der Waals surface area contributed by atoms with Crippen molar-refractivity contribution in [2.45, 2.75) is 97.9 Å². The van der Waals surface area contributed by atoms with Crippen LogP contribution >= 0.6 is 0 Å². The summed E-state index contributed by atoms with van der Waals surface area (Å²) in [7, 11) is 0. The lowest BCUT2D eigenvalue weighted by Gasteiger charge is -2.63. The molecule has 5 aliphatic rings. The summed E-state index contributed by atoms with van der Waals surface area (Å²) in [6.07, 6.45) is 12.0. The maximum Gasteiger partial charge on any atom is 0.155 e. The highest BCUT2D eigenvalue weighted by atomic mass is 16.6. The SMILES string of the molecule is C[C@H]1CC[C@@]2(C)C(=C[C@H](C)[C@H]3C4CCC5(CCC(O)O5)[C@@]4(C)C[C@@H](C)[C@@H]32)C1. The highest BCUT2D eigenvalue weighted by Crippen LogP contribution is 2.71. The van der Waals surface area contributed by atoms with Crippen LogP contribution in [0, 0.1) is 46.3 Å². The van der Waals surface area contributed by atoms with Crippen molar-refractivity contribution in [3.63, 3.8) is 0 Å². The summed E-state index contributed by atoms with van der Waals surface area (Å²) >= 11 is 0. The number of hydrogen-bond donors (Lipinski definition) is 1. The molecule has 0 bridgehead atoms. The van der Waals surface area contributed by atoms with Gasteiger partial charge in [0, 0.05) is 11.8 Å². The van der Waals surface area contributed by atoms with E-state index in [1.54, 1.807) is 5.57 Å². The first-order valence-electron chi connectivity index (χ1n) is 11.8. The predicted octanol–water partition coefficient (Wildman–Crippen LogP) is 5.94. The van der Waals surface area contributed by atoms with Crippen LogP contribution in [0.15, 0.2) is 11.6 Å². The molecule has 152 valence electrons. The molecule has 3 saturated carbocycles. The first-order valence-corrected chi connectivity index (χ1v) is 11.8. The lowest BCUT2D eigenvalue weighted by molar-refractivity contribution is -0.205. The van der Waals surface area contributed by atoms with Crippen LogP contribution in [0.25, 0.3) is 0 Å². The van der Waals surface area contributed by atoms with Crippen molar-refractivity contribution in [2.75, 3.05) is 0 Å². The van der Waals surface area contributed by atoms with Gasteiger partial charge in [-0.15, -0.1) is 0 Å². The lowest BCUT2D eigenvalue weighted by atomic mass is 9.42. The minimum Gasteiger partial charge on any atom is -0.368 e. The van der Waals surface area contributed by atoms with Crippen molar-refractivity contribution in [2.24, 2.45) is 46.3 Å². The van der Waals surface area contributed by atoms with E-state index in [2.05, 4.69) is 40.7 Å². The van der Waals surface area contributed by atoms with E-state index in [9.17, 15) is 5.11 Å². The minimum atomic E-state index is -0.527. The van der Waals surface area contributed by atoms with Gasteiger partial charge in [0.1, 0.15) is 0 Å². The summed E-state index contributed by atoms with van der Waals surface area (Å²) in [6, 6.07) is 0. The van der Waals surface area contributed by atoms with Gasteiger partial charge in [-0.05, 0) is 85.9 Å². The molecule has 0 aromatic heterocycles. The molecule has 1 aliphatic heterocycles. The van der Waals surface area contributed by atoms with Gasteiger partial charge in [0.2, 0.25) is 0 Å². The van der Waals surface area contributed by atoms with Crippen molar-refractivity contribution >= 4 is 0 Å². The van der Waals surface area contributed by atoms with Crippen LogP contribution in [0.2, 0.25) is 0 Å². The number of hydrogen-bond acceptors (Lipinski definition) is 2. The Morgan fingerprint density at radius 2 is 1.78 bits per heavy atom. The third kappa shape index (κ3) is 2.32. The van der Waals surface area contributed by atoms with Gasteiger partial charge in [-0.1, -0.05) is 46.3 Å². The van der Waals surface area contributed by atoms with Gasteiger partial charge in [-0.25, -0.2) is 0 Å². The van der Waals surface area contributed by atoms with Gasteiger partial charge in [0.15, 0.2) is 6.29 Å². The van der Waals surface area contributed by atoms with E-state index in [4.69, 9.17) is 4.74 Å². The fourth-order valence-electron chi connectivity index (χ4n) is 9.28. The summed E-state index contributed by atoms with van der Waals surface area (Å²) in [6.45, 7) is 12.7. The Morgan fingerprint density at radius 3 is 2.48 bits per heavy atom. The Balaban J connectivity index is 1.56. The van der Waals surface area contributed by atoms with Crippen LogP contribution in [-0.4, -0.2) is 17.0 Å². The summed E-state index contributed by atoms with van der Waals surface area (Å²) in [4.78, 5) is 0. The second kappa shape index (κ2) is 5.85. The van der Waals surface area contributed by atoms with Crippen molar-refractivity contribution in [3.8, 4) is 0 Å². The minimum absolute atomic E-state index is 0.0536. The van der Waals surface area contributed by atoms with E-state index >= 15 is 0 Å². The normalized spacial score (nSPS) is 59.9. The van der Waals surface area contributed by atoms with Crippen molar-refractivity contribution in [3.05, 3.63) is 11.6 Å². The van der Waals surface area contributed by atoms with Gasteiger partial charge in [-0.2, -0.15) is 0 Å². The number of rotatable bonds is 0. The fraction of sp³-hybridized carbons (Fsp3) is 0.920. The molecule has 0 radical (unpaired) electrons. The van der Waals surface area contributed by atoms with E-state index in [-0.39, 0.29) is 11.0 Å². The van der Waals surface area contributed by atoms with Crippen molar-refractivity contribution < 1.29 is 9.84 Å². The zero-order chi connectivity index (χ0) is 19.2. The van der Waals surface area contributed by atoms with Crippen LogP contribution in [0.5, 0.6) is 0 Å². The Bertz CT molecular complexity index is 655. The summed E-state index contributed by atoms with van der Waals surface area (Å²) < 4.78 is 6.33. The largest absolute Gasteiger partial charge is 0.368 e. The van der Waals surface area contributed by atoms with E-state index < -0.39 is 6.29 Å². The molecular weight excluding hydrogens is 332 g/mol. The second-order valence-corrected chi connectivity index (χ2v) is 11.8. The molecule has 5 rings (SSSR count). The molecule has 3 unspecified atom stereocenters. The highest BCUT2D eigenvalue weighted by Gasteiger charge is 2.68. The lowest BCUT2D eigenvalue weighted by Crippen LogP contribution is -2.58. The molecule has 1 heterocycles. The monoisotopic (exact) mass is 372 g/mol. The van der Waals surface area contributed by atoms with E-state index in [0.717, 1.165) is 48.9 Å². The molecule has 10 atom stereocenters. The quantitative estimate of drug-likeness (QED) is 0.533. The summed E-state index contributed by atoms with van der Waals surface area (Å²) in [5.74, 6) is 4.68. The fourth-order valence-corrected chi connectivity index (χ4v) is 9.28. The molecule has 1 spiro atoms. The summed E-state index contributed by atoms with van der Waals surface area (Å²) in [5.41, 5.74) is 2.41. The molecule has 4 aliphatic carbocycles. The van der Waals surface area contributed by atoms with Crippen LogP contribution in [-0.2, 0) is 4.74 Å². The Labute approximate surface area is 166 Å². The first-order chi connectivity index (χ1) is 12.7. The Hall–Kier alpha value is -0.340. The van der Waals surface area contributed by atoms with E-state index in [1.807, 2.05) is 0 Å². The summed E-state index contributed by atoms with van der Waals surface area (Å²) in [5, 5.41) is 10.2. The third-order valence-corrected chi connectivity index (χ3v) is 10.4. The van der Waals surface area contributed by atoms with Crippen molar-refractivity contribution in [1.29, 1.82) is 0 Å². The molecule has 2 nitrogen and oxygen atoms in total. The van der Waals surface area contributed by atoms with Gasteiger partial charge in [0.25, 0.3) is 0 Å². The maximum absolute atomic E-state index is 10.2. The third-order valence-electron chi connectivity index (χ3n) is 10.4. The molecule has 0 aromatic carbocycles. The smallest absolute Gasteiger partial charge is 0.155 e. The average Bonchev–Trinajstić information content (AvgIpc) is 3.10.